The van der Waals surface area contributed by atoms with Crippen LogP contribution in [0.3, 0.4) is 0 Å². The van der Waals surface area contributed by atoms with Gasteiger partial charge in [0.15, 0.2) is 0 Å². The van der Waals surface area contributed by atoms with E-state index < -0.39 is 0 Å². The fourth-order valence-electron chi connectivity index (χ4n) is 2.88. The molecule has 17 heavy (non-hydrogen) atoms. The number of nitrogens with one attached hydrogen (secondary N) is 1. The summed E-state index contributed by atoms with van der Waals surface area (Å²) in [6.45, 7) is 11.3. The van der Waals surface area contributed by atoms with Gasteiger partial charge >= 0.3 is 0 Å². The molecule has 0 bridgehead atoms. The molecule has 0 aromatic heterocycles. The van der Waals surface area contributed by atoms with Gasteiger partial charge in [-0.25, -0.2) is 0 Å². The summed E-state index contributed by atoms with van der Waals surface area (Å²) in [5.74, 6) is 1.57. The normalized spacial score (nSPS) is 26.6. The molecular formula is C15H31NO. The first-order valence-corrected chi connectivity index (χ1v) is 7.57. The number of rotatable bonds is 8. The standard InChI is InChI=1S/C15H31NO/c1-5-9-16-14(11-13(6-2)7-3)15-12(4)8-10-17-15/h12-16H,5-11H2,1-4H3. The zero-order valence-corrected chi connectivity index (χ0v) is 12.2. The minimum atomic E-state index is 0.446. The Morgan fingerprint density at radius 2 is 1.94 bits per heavy atom. The van der Waals surface area contributed by atoms with Gasteiger partial charge in [-0.3, -0.25) is 0 Å². The second kappa shape index (κ2) is 8.10. The molecule has 1 aliphatic heterocycles. The number of hydrogen-bond donors (Lipinski definition) is 1. The van der Waals surface area contributed by atoms with Crippen LogP contribution in [0.4, 0.5) is 0 Å². The van der Waals surface area contributed by atoms with Crippen molar-refractivity contribution in [1.82, 2.24) is 5.32 Å². The summed E-state index contributed by atoms with van der Waals surface area (Å²) in [5, 5.41) is 3.72. The van der Waals surface area contributed by atoms with Gasteiger partial charge in [0.1, 0.15) is 0 Å². The first-order chi connectivity index (χ1) is 8.22. The predicted octanol–water partition coefficient (Wildman–Crippen LogP) is 3.61. The Morgan fingerprint density at radius 1 is 1.24 bits per heavy atom. The van der Waals surface area contributed by atoms with E-state index in [0.29, 0.717) is 12.1 Å². The fraction of sp³-hybridized carbons (Fsp3) is 1.00. The molecular weight excluding hydrogens is 210 g/mol. The molecule has 3 atom stereocenters. The summed E-state index contributed by atoms with van der Waals surface area (Å²) in [4.78, 5) is 0. The Balaban J connectivity index is 2.52. The molecule has 0 aliphatic carbocycles. The van der Waals surface area contributed by atoms with Gasteiger partial charge in [-0.1, -0.05) is 40.5 Å². The van der Waals surface area contributed by atoms with Crippen LogP contribution in [0.5, 0.6) is 0 Å². The topological polar surface area (TPSA) is 21.3 Å². The van der Waals surface area contributed by atoms with Crippen molar-refractivity contribution in [1.29, 1.82) is 0 Å². The van der Waals surface area contributed by atoms with Gasteiger partial charge in [-0.2, -0.15) is 0 Å². The van der Waals surface area contributed by atoms with Crippen LogP contribution in [0.25, 0.3) is 0 Å². The Kier molecular flexibility index (Phi) is 7.14. The van der Waals surface area contributed by atoms with E-state index in [1.54, 1.807) is 0 Å². The smallest absolute Gasteiger partial charge is 0.0754 e. The van der Waals surface area contributed by atoms with Crippen LogP contribution in [-0.2, 0) is 4.74 Å². The van der Waals surface area contributed by atoms with Crippen LogP contribution in [0, 0.1) is 11.8 Å². The molecule has 0 saturated carbocycles. The van der Waals surface area contributed by atoms with Gasteiger partial charge in [0, 0.05) is 12.6 Å². The quantitative estimate of drug-likeness (QED) is 0.701. The lowest BCUT2D eigenvalue weighted by molar-refractivity contribution is 0.0522. The van der Waals surface area contributed by atoms with Crippen molar-refractivity contribution >= 4 is 0 Å². The first kappa shape index (κ1) is 15.0. The monoisotopic (exact) mass is 241 g/mol. The molecule has 2 heteroatoms. The summed E-state index contributed by atoms with van der Waals surface area (Å²) in [7, 11) is 0. The minimum absolute atomic E-state index is 0.446. The van der Waals surface area contributed by atoms with Gasteiger partial charge in [0.25, 0.3) is 0 Å². The third-order valence-corrected chi connectivity index (χ3v) is 4.24. The van der Waals surface area contributed by atoms with E-state index in [1.165, 1.54) is 32.1 Å². The van der Waals surface area contributed by atoms with E-state index in [-0.39, 0.29) is 0 Å². The Morgan fingerprint density at radius 3 is 2.41 bits per heavy atom. The first-order valence-electron chi connectivity index (χ1n) is 7.57. The minimum Gasteiger partial charge on any atom is -0.376 e. The SMILES string of the molecule is CCCNC(CC(CC)CC)C1OCCC1C. The van der Waals surface area contributed by atoms with Gasteiger partial charge in [0.05, 0.1) is 6.10 Å². The molecule has 1 heterocycles. The van der Waals surface area contributed by atoms with Gasteiger partial charge in [-0.15, -0.1) is 0 Å². The molecule has 1 fully saturated rings. The lowest BCUT2D eigenvalue weighted by atomic mass is 9.88. The van der Waals surface area contributed by atoms with Crippen molar-refractivity contribution in [2.75, 3.05) is 13.2 Å². The van der Waals surface area contributed by atoms with E-state index in [0.717, 1.165) is 25.0 Å². The molecule has 1 rings (SSSR count). The summed E-state index contributed by atoms with van der Waals surface area (Å²) < 4.78 is 5.95. The summed E-state index contributed by atoms with van der Waals surface area (Å²) in [6.07, 6.45) is 6.76. The Bertz CT molecular complexity index is 191. The lowest BCUT2D eigenvalue weighted by Gasteiger charge is -2.30. The van der Waals surface area contributed by atoms with Gasteiger partial charge in [0.2, 0.25) is 0 Å². The number of hydrogen-bond acceptors (Lipinski definition) is 2. The average Bonchev–Trinajstić information content (AvgIpc) is 2.76. The summed E-state index contributed by atoms with van der Waals surface area (Å²) in [5.41, 5.74) is 0. The largest absolute Gasteiger partial charge is 0.376 e. The molecule has 0 aromatic carbocycles. The van der Waals surface area contributed by atoms with Crippen molar-refractivity contribution in [3.63, 3.8) is 0 Å². The van der Waals surface area contributed by atoms with Crippen LogP contribution in [0.2, 0.25) is 0 Å². The predicted molar refractivity (Wildman–Crippen MR) is 74.3 cm³/mol. The van der Waals surface area contributed by atoms with E-state index >= 15 is 0 Å². The zero-order valence-electron chi connectivity index (χ0n) is 12.2. The highest BCUT2D eigenvalue weighted by Crippen LogP contribution is 2.27. The molecule has 0 spiro atoms. The highest BCUT2D eigenvalue weighted by molar-refractivity contribution is 4.86. The Labute approximate surface area is 108 Å². The highest BCUT2D eigenvalue weighted by atomic mass is 16.5. The van der Waals surface area contributed by atoms with Crippen molar-refractivity contribution in [3.05, 3.63) is 0 Å². The second-order valence-electron chi connectivity index (χ2n) is 5.58. The molecule has 0 aromatic rings. The molecule has 3 unspecified atom stereocenters. The third kappa shape index (κ3) is 4.59. The summed E-state index contributed by atoms with van der Waals surface area (Å²) >= 11 is 0. The molecule has 0 radical (unpaired) electrons. The maximum atomic E-state index is 5.95. The van der Waals surface area contributed by atoms with Crippen molar-refractivity contribution < 1.29 is 4.74 Å². The zero-order chi connectivity index (χ0) is 12.7. The van der Waals surface area contributed by atoms with Crippen LogP contribution >= 0.6 is 0 Å². The molecule has 102 valence electrons. The highest BCUT2D eigenvalue weighted by Gasteiger charge is 2.32. The molecule has 1 saturated heterocycles. The van der Waals surface area contributed by atoms with E-state index in [4.69, 9.17) is 4.74 Å². The molecule has 1 N–H and O–H groups in total. The third-order valence-electron chi connectivity index (χ3n) is 4.24. The van der Waals surface area contributed by atoms with Crippen LogP contribution in [-0.4, -0.2) is 25.3 Å². The van der Waals surface area contributed by atoms with Crippen molar-refractivity contribution in [2.24, 2.45) is 11.8 Å². The van der Waals surface area contributed by atoms with E-state index in [2.05, 4.69) is 33.0 Å². The van der Waals surface area contributed by atoms with E-state index in [1.807, 2.05) is 0 Å². The molecule has 2 nitrogen and oxygen atoms in total. The fourth-order valence-corrected chi connectivity index (χ4v) is 2.88. The molecule has 0 amide bonds. The molecule has 1 aliphatic rings. The van der Waals surface area contributed by atoms with Crippen molar-refractivity contribution in [3.8, 4) is 0 Å². The van der Waals surface area contributed by atoms with Crippen LogP contribution in [0.1, 0.15) is 59.8 Å². The average molecular weight is 241 g/mol. The second-order valence-corrected chi connectivity index (χ2v) is 5.58. The van der Waals surface area contributed by atoms with Crippen LogP contribution in [0.15, 0.2) is 0 Å². The van der Waals surface area contributed by atoms with Gasteiger partial charge in [-0.05, 0) is 37.6 Å². The lowest BCUT2D eigenvalue weighted by Crippen LogP contribution is -2.43. The number of ether oxygens (including phenoxy) is 1. The summed E-state index contributed by atoms with van der Waals surface area (Å²) in [6, 6.07) is 0.567. The van der Waals surface area contributed by atoms with Crippen LogP contribution < -0.4 is 5.32 Å². The Hall–Kier alpha value is -0.0800. The van der Waals surface area contributed by atoms with E-state index in [9.17, 15) is 0 Å². The van der Waals surface area contributed by atoms with Crippen molar-refractivity contribution in [2.45, 2.75) is 71.9 Å². The van der Waals surface area contributed by atoms with Gasteiger partial charge < -0.3 is 10.1 Å². The maximum absolute atomic E-state index is 5.95. The maximum Gasteiger partial charge on any atom is 0.0754 e.